The third-order valence-corrected chi connectivity index (χ3v) is 3.87. The Bertz CT molecular complexity index is 691. The Morgan fingerprint density at radius 1 is 1.12 bits per heavy atom. The molecule has 1 saturated heterocycles. The summed E-state index contributed by atoms with van der Waals surface area (Å²) >= 11 is 0. The predicted octanol–water partition coefficient (Wildman–Crippen LogP) is 1.78. The van der Waals surface area contributed by atoms with Gasteiger partial charge in [0.05, 0.1) is 12.7 Å². The van der Waals surface area contributed by atoms with E-state index in [0.717, 1.165) is 11.3 Å². The minimum atomic E-state index is -1.08. The molecule has 24 heavy (non-hydrogen) atoms. The van der Waals surface area contributed by atoms with Crippen LogP contribution in [0.4, 0.5) is 0 Å². The third kappa shape index (κ3) is 3.91. The van der Waals surface area contributed by atoms with Crippen molar-refractivity contribution in [2.75, 3.05) is 6.54 Å². The van der Waals surface area contributed by atoms with Gasteiger partial charge in [0.1, 0.15) is 23.6 Å². The SMILES string of the molecule is O=C(O)[C@H]1NC[C@@H](OCc2cccc(Oc3ccccc3)c2)[C@@H]1O. The Hall–Kier alpha value is -2.41. The molecular weight excluding hydrogens is 310 g/mol. The average Bonchev–Trinajstić information content (AvgIpc) is 2.95. The number of nitrogens with one attached hydrogen (secondary N) is 1. The van der Waals surface area contributed by atoms with E-state index in [1.807, 2.05) is 54.6 Å². The fourth-order valence-electron chi connectivity index (χ4n) is 2.62. The van der Waals surface area contributed by atoms with Crippen LogP contribution in [0.2, 0.25) is 0 Å². The topological polar surface area (TPSA) is 88.0 Å². The summed E-state index contributed by atoms with van der Waals surface area (Å²) in [5.74, 6) is 0.359. The average molecular weight is 329 g/mol. The Balaban J connectivity index is 1.58. The van der Waals surface area contributed by atoms with E-state index in [1.165, 1.54) is 0 Å². The Kier molecular flexibility index (Phi) is 5.10. The van der Waals surface area contributed by atoms with Crippen LogP contribution in [0.15, 0.2) is 54.6 Å². The van der Waals surface area contributed by atoms with E-state index in [1.54, 1.807) is 0 Å². The first-order valence-electron chi connectivity index (χ1n) is 7.71. The van der Waals surface area contributed by atoms with E-state index in [2.05, 4.69) is 5.32 Å². The van der Waals surface area contributed by atoms with Crippen molar-refractivity contribution in [3.63, 3.8) is 0 Å². The molecule has 3 atom stereocenters. The minimum absolute atomic E-state index is 0.266. The van der Waals surface area contributed by atoms with Crippen LogP contribution in [-0.2, 0) is 16.1 Å². The summed E-state index contributed by atoms with van der Waals surface area (Å²) in [6.45, 7) is 0.570. The summed E-state index contributed by atoms with van der Waals surface area (Å²) in [4.78, 5) is 11.0. The highest BCUT2D eigenvalue weighted by Crippen LogP contribution is 2.23. The molecule has 0 aromatic heterocycles. The Morgan fingerprint density at radius 2 is 1.88 bits per heavy atom. The number of para-hydroxylation sites is 1. The van der Waals surface area contributed by atoms with Crippen LogP contribution in [0, 0.1) is 0 Å². The Morgan fingerprint density at radius 3 is 2.58 bits per heavy atom. The van der Waals surface area contributed by atoms with Crippen molar-refractivity contribution < 1.29 is 24.5 Å². The van der Waals surface area contributed by atoms with Gasteiger partial charge in [0, 0.05) is 6.54 Å². The van der Waals surface area contributed by atoms with Crippen LogP contribution >= 0.6 is 0 Å². The number of aliphatic hydroxyl groups is 1. The number of carboxylic acids is 1. The first-order chi connectivity index (χ1) is 11.6. The molecule has 126 valence electrons. The molecule has 0 amide bonds. The van der Waals surface area contributed by atoms with Gasteiger partial charge in [-0.1, -0.05) is 30.3 Å². The van der Waals surface area contributed by atoms with Gasteiger partial charge in [-0.25, -0.2) is 0 Å². The van der Waals surface area contributed by atoms with Gasteiger partial charge < -0.3 is 19.7 Å². The molecule has 0 unspecified atom stereocenters. The van der Waals surface area contributed by atoms with Crippen LogP contribution in [0.5, 0.6) is 11.5 Å². The molecule has 3 N–H and O–H groups in total. The number of hydrogen-bond donors (Lipinski definition) is 3. The summed E-state index contributed by atoms with van der Waals surface area (Å²) in [6.07, 6.45) is -1.61. The number of aliphatic carboxylic acids is 1. The van der Waals surface area contributed by atoms with E-state index in [-0.39, 0.29) is 6.61 Å². The normalized spacial score (nSPS) is 23.1. The number of hydrogen-bond acceptors (Lipinski definition) is 5. The van der Waals surface area contributed by atoms with Crippen LogP contribution in [0.25, 0.3) is 0 Å². The zero-order valence-corrected chi connectivity index (χ0v) is 13.0. The molecule has 0 aliphatic carbocycles. The van der Waals surface area contributed by atoms with Crippen molar-refractivity contribution in [3.05, 3.63) is 60.2 Å². The Labute approximate surface area is 139 Å². The maximum Gasteiger partial charge on any atom is 0.323 e. The summed E-state index contributed by atoms with van der Waals surface area (Å²) < 4.78 is 11.4. The second kappa shape index (κ2) is 7.44. The number of carboxylic acid groups (broad SMARTS) is 1. The van der Waals surface area contributed by atoms with Crippen molar-refractivity contribution in [3.8, 4) is 11.5 Å². The highest BCUT2D eigenvalue weighted by atomic mass is 16.5. The fraction of sp³-hybridized carbons (Fsp3) is 0.278. The molecule has 6 nitrogen and oxygen atoms in total. The lowest BCUT2D eigenvalue weighted by atomic mass is 10.1. The lowest BCUT2D eigenvalue weighted by Gasteiger charge is -2.17. The van der Waals surface area contributed by atoms with Gasteiger partial charge in [-0.2, -0.15) is 0 Å². The van der Waals surface area contributed by atoms with E-state index in [0.29, 0.717) is 12.3 Å². The first kappa shape index (κ1) is 16.4. The maximum atomic E-state index is 11.0. The lowest BCUT2D eigenvalue weighted by Crippen LogP contribution is -2.40. The van der Waals surface area contributed by atoms with Crippen LogP contribution in [0.3, 0.4) is 0 Å². The molecule has 0 spiro atoms. The number of aliphatic hydroxyl groups excluding tert-OH is 1. The minimum Gasteiger partial charge on any atom is -0.480 e. The summed E-state index contributed by atoms with van der Waals surface area (Å²) in [7, 11) is 0. The number of rotatable bonds is 6. The van der Waals surface area contributed by atoms with Crippen molar-refractivity contribution in [1.29, 1.82) is 0 Å². The molecule has 0 saturated carbocycles. The van der Waals surface area contributed by atoms with E-state index < -0.39 is 24.2 Å². The predicted molar refractivity (Wildman–Crippen MR) is 87.0 cm³/mol. The van der Waals surface area contributed by atoms with Gasteiger partial charge in [-0.15, -0.1) is 0 Å². The molecule has 1 fully saturated rings. The largest absolute Gasteiger partial charge is 0.480 e. The quantitative estimate of drug-likeness (QED) is 0.749. The van der Waals surface area contributed by atoms with Crippen molar-refractivity contribution >= 4 is 5.97 Å². The highest BCUT2D eigenvalue weighted by Gasteiger charge is 2.39. The summed E-state index contributed by atoms with van der Waals surface area (Å²) in [5, 5.41) is 21.7. The maximum absolute atomic E-state index is 11.0. The zero-order chi connectivity index (χ0) is 16.9. The molecule has 1 aliphatic rings. The number of benzene rings is 2. The van der Waals surface area contributed by atoms with Gasteiger partial charge in [-0.3, -0.25) is 10.1 Å². The second-order valence-corrected chi connectivity index (χ2v) is 5.63. The zero-order valence-electron chi connectivity index (χ0n) is 13.0. The van der Waals surface area contributed by atoms with Crippen LogP contribution < -0.4 is 10.1 Å². The van der Waals surface area contributed by atoms with Gasteiger partial charge in [0.25, 0.3) is 0 Å². The van der Waals surface area contributed by atoms with E-state index in [4.69, 9.17) is 14.6 Å². The standard InChI is InChI=1S/C18H19NO5/c20-17-15(10-19-16(17)18(21)22)23-11-12-5-4-8-14(9-12)24-13-6-2-1-3-7-13/h1-9,15-17,19-20H,10-11H2,(H,21,22)/t15-,16+,17+/m1/s1. The van der Waals surface area contributed by atoms with Gasteiger partial charge in [0.2, 0.25) is 0 Å². The molecule has 6 heteroatoms. The summed E-state index contributed by atoms with van der Waals surface area (Å²) in [5.41, 5.74) is 0.884. The molecule has 0 radical (unpaired) electrons. The number of ether oxygens (including phenoxy) is 2. The highest BCUT2D eigenvalue weighted by molar-refractivity contribution is 5.74. The first-order valence-corrected chi connectivity index (χ1v) is 7.71. The van der Waals surface area contributed by atoms with E-state index in [9.17, 15) is 9.90 Å². The van der Waals surface area contributed by atoms with E-state index >= 15 is 0 Å². The molecule has 2 aromatic carbocycles. The van der Waals surface area contributed by atoms with Gasteiger partial charge in [0.15, 0.2) is 0 Å². The second-order valence-electron chi connectivity index (χ2n) is 5.63. The molecule has 3 rings (SSSR count). The molecular formula is C18H19NO5. The van der Waals surface area contributed by atoms with Crippen molar-refractivity contribution in [2.24, 2.45) is 0 Å². The molecule has 2 aromatic rings. The molecule has 1 heterocycles. The molecule has 1 aliphatic heterocycles. The van der Waals surface area contributed by atoms with Crippen LogP contribution in [0.1, 0.15) is 5.56 Å². The third-order valence-electron chi connectivity index (χ3n) is 3.87. The molecule has 0 bridgehead atoms. The summed E-state index contributed by atoms with van der Waals surface area (Å²) in [6, 6.07) is 15.9. The van der Waals surface area contributed by atoms with Gasteiger partial charge in [-0.05, 0) is 29.8 Å². The fourth-order valence-corrected chi connectivity index (χ4v) is 2.62. The van der Waals surface area contributed by atoms with Crippen LogP contribution in [-0.4, -0.2) is 41.0 Å². The monoisotopic (exact) mass is 329 g/mol. The lowest BCUT2D eigenvalue weighted by molar-refractivity contribution is -0.142. The number of carbonyl (C=O) groups is 1. The van der Waals surface area contributed by atoms with Crippen molar-refractivity contribution in [2.45, 2.75) is 24.9 Å². The van der Waals surface area contributed by atoms with Crippen molar-refractivity contribution in [1.82, 2.24) is 5.32 Å². The van der Waals surface area contributed by atoms with Gasteiger partial charge >= 0.3 is 5.97 Å². The smallest absolute Gasteiger partial charge is 0.323 e.